The van der Waals surface area contributed by atoms with Crippen molar-refractivity contribution in [3.05, 3.63) is 104 Å². The molecule has 0 radical (unpaired) electrons. The van der Waals surface area contributed by atoms with Crippen LogP contribution in [-0.4, -0.2) is 34.4 Å². The van der Waals surface area contributed by atoms with Crippen LogP contribution in [0, 0.1) is 6.92 Å². The number of nitrogens with zero attached hydrogens (tertiary/aromatic N) is 6. The minimum absolute atomic E-state index is 0.131. The average molecular weight is 603 g/mol. The molecule has 6 aromatic rings. The van der Waals surface area contributed by atoms with Crippen LogP contribution in [0.15, 0.2) is 76.3 Å². The molecule has 0 fully saturated rings. The number of aromatic nitrogens is 6. The highest BCUT2D eigenvalue weighted by Crippen LogP contribution is 2.32. The molecule has 39 heavy (non-hydrogen) atoms. The summed E-state index contributed by atoms with van der Waals surface area (Å²) >= 11 is 9.98. The molecule has 0 saturated heterocycles. The molecule has 9 nitrogen and oxygen atoms in total. The Hall–Kier alpha value is -4.28. The van der Waals surface area contributed by atoms with E-state index >= 15 is 0 Å². The lowest BCUT2D eigenvalue weighted by Crippen LogP contribution is -2.28. The van der Waals surface area contributed by atoms with Gasteiger partial charge in [0.1, 0.15) is 36.0 Å². The first-order valence-electron chi connectivity index (χ1n) is 12.0. The zero-order valence-corrected chi connectivity index (χ0v) is 23.0. The van der Waals surface area contributed by atoms with Gasteiger partial charge in [-0.05, 0) is 70.4 Å². The average Bonchev–Trinajstić information content (AvgIpc) is 3.28. The molecule has 3 N–H and O–H groups in total. The van der Waals surface area contributed by atoms with Crippen LogP contribution < -0.4 is 11.3 Å². The van der Waals surface area contributed by atoms with Crippen LogP contribution in [0.5, 0.6) is 5.75 Å². The van der Waals surface area contributed by atoms with Crippen molar-refractivity contribution >= 4 is 55.3 Å². The monoisotopic (exact) mass is 601 g/mol. The summed E-state index contributed by atoms with van der Waals surface area (Å²) < 4.78 is 3.93. The first-order valence-corrected chi connectivity index (χ1v) is 13.2. The predicted octanol–water partition coefficient (Wildman–Crippen LogP) is 5.31. The molecule has 0 aliphatic carbocycles. The normalized spacial score (nSPS) is 11.5. The third-order valence-electron chi connectivity index (χ3n) is 6.62. The molecule has 3 heterocycles. The number of phenolic OH excluding ortho intramolecular Hbond substituents is 1. The summed E-state index contributed by atoms with van der Waals surface area (Å²) in [5.41, 5.74) is 9.93. The quantitative estimate of drug-likeness (QED) is 0.274. The SMILES string of the molecule is Cc1cc(-c2nn(Cc3nc4cccc(Br)c4c(=O)n3Cc3ccccc3Cl)c3ncnc(N)c23)ccc1O. The van der Waals surface area contributed by atoms with E-state index in [1.54, 1.807) is 33.5 Å². The fraction of sp³-hybridized carbons (Fsp3) is 0.107. The van der Waals surface area contributed by atoms with Crippen LogP contribution in [-0.2, 0) is 13.1 Å². The summed E-state index contributed by atoms with van der Waals surface area (Å²) in [6.45, 7) is 2.16. The van der Waals surface area contributed by atoms with Gasteiger partial charge in [0.05, 0.1) is 22.8 Å². The summed E-state index contributed by atoms with van der Waals surface area (Å²) in [6.07, 6.45) is 1.38. The Morgan fingerprint density at radius 3 is 2.64 bits per heavy atom. The van der Waals surface area contributed by atoms with E-state index < -0.39 is 0 Å². The number of rotatable bonds is 5. The van der Waals surface area contributed by atoms with Crippen molar-refractivity contribution < 1.29 is 5.11 Å². The van der Waals surface area contributed by atoms with Crippen LogP contribution in [0.25, 0.3) is 33.2 Å². The van der Waals surface area contributed by atoms with Gasteiger partial charge < -0.3 is 10.8 Å². The van der Waals surface area contributed by atoms with Crippen LogP contribution in [0.2, 0.25) is 5.02 Å². The third-order valence-corrected chi connectivity index (χ3v) is 7.65. The van der Waals surface area contributed by atoms with Crippen molar-refractivity contribution in [2.75, 3.05) is 5.73 Å². The fourth-order valence-electron chi connectivity index (χ4n) is 4.63. The number of hydrogen-bond donors (Lipinski definition) is 2. The van der Waals surface area contributed by atoms with Gasteiger partial charge in [-0.3, -0.25) is 9.36 Å². The van der Waals surface area contributed by atoms with Crippen molar-refractivity contribution in [1.82, 2.24) is 29.3 Å². The standard InChI is InChI=1S/C28H21BrClN7O2/c1-15-11-16(9-10-21(15)38)25-24-26(31)32-14-33-27(24)37(35-25)13-22-34-20-8-4-6-18(29)23(20)28(39)36(22)12-17-5-2-3-7-19(17)30/h2-11,14,38H,12-13H2,1H3,(H2,31,32,33). The number of anilines is 1. The predicted molar refractivity (Wildman–Crippen MR) is 155 cm³/mol. The van der Waals surface area contributed by atoms with Crippen molar-refractivity contribution in [3.63, 3.8) is 0 Å². The second-order valence-corrected chi connectivity index (χ2v) is 10.4. The summed E-state index contributed by atoms with van der Waals surface area (Å²) in [6, 6.07) is 18.1. The number of fused-ring (bicyclic) bond motifs is 2. The van der Waals surface area contributed by atoms with E-state index in [1.807, 2.05) is 43.3 Å². The molecule has 0 bridgehead atoms. The molecule has 0 atom stereocenters. The van der Waals surface area contributed by atoms with Gasteiger partial charge >= 0.3 is 0 Å². The summed E-state index contributed by atoms with van der Waals surface area (Å²) in [7, 11) is 0. The fourth-order valence-corrected chi connectivity index (χ4v) is 5.35. The molecule has 11 heteroatoms. The molecule has 3 aromatic carbocycles. The van der Waals surface area contributed by atoms with Gasteiger partial charge in [0.25, 0.3) is 5.56 Å². The van der Waals surface area contributed by atoms with Crippen molar-refractivity contribution in [3.8, 4) is 17.0 Å². The van der Waals surface area contributed by atoms with Gasteiger partial charge in [-0.15, -0.1) is 0 Å². The maximum absolute atomic E-state index is 13.8. The largest absolute Gasteiger partial charge is 0.508 e. The number of aromatic hydroxyl groups is 1. The highest BCUT2D eigenvalue weighted by Gasteiger charge is 2.21. The highest BCUT2D eigenvalue weighted by atomic mass is 79.9. The molecule has 194 valence electrons. The first-order chi connectivity index (χ1) is 18.8. The minimum atomic E-state index is -0.206. The lowest BCUT2D eigenvalue weighted by atomic mass is 10.1. The zero-order valence-electron chi connectivity index (χ0n) is 20.6. The van der Waals surface area contributed by atoms with Crippen LogP contribution in [0.4, 0.5) is 5.82 Å². The molecule has 0 unspecified atom stereocenters. The number of halogens is 2. The van der Waals surface area contributed by atoms with E-state index in [-0.39, 0.29) is 30.2 Å². The second-order valence-electron chi connectivity index (χ2n) is 9.11. The lowest BCUT2D eigenvalue weighted by molar-refractivity contribution is 0.471. The lowest BCUT2D eigenvalue weighted by Gasteiger charge is -2.15. The smallest absolute Gasteiger partial charge is 0.262 e. The van der Waals surface area contributed by atoms with E-state index in [0.29, 0.717) is 48.5 Å². The summed E-state index contributed by atoms with van der Waals surface area (Å²) in [5, 5.41) is 16.5. The van der Waals surface area contributed by atoms with Gasteiger partial charge in [-0.25, -0.2) is 19.6 Å². The molecule has 0 saturated carbocycles. The Balaban J connectivity index is 1.56. The molecular weight excluding hydrogens is 582 g/mol. The highest BCUT2D eigenvalue weighted by molar-refractivity contribution is 9.10. The summed E-state index contributed by atoms with van der Waals surface area (Å²) in [5.74, 6) is 0.929. The van der Waals surface area contributed by atoms with Crippen LogP contribution in [0.3, 0.4) is 0 Å². The van der Waals surface area contributed by atoms with E-state index in [0.717, 1.165) is 11.1 Å². The van der Waals surface area contributed by atoms with E-state index in [1.165, 1.54) is 6.33 Å². The maximum Gasteiger partial charge on any atom is 0.262 e. The number of aryl methyl sites for hydroxylation is 1. The molecule has 0 aliphatic rings. The number of nitrogen functional groups attached to an aromatic ring is 1. The molecule has 0 spiro atoms. The number of phenols is 1. The van der Waals surface area contributed by atoms with Gasteiger partial charge in [-0.1, -0.05) is 35.9 Å². The second kappa shape index (κ2) is 9.79. The first kappa shape index (κ1) is 25.0. The summed E-state index contributed by atoms with van der Waals surface area (Å²) in [4.78, 5) is 27.4. The number of hydrogen-bond acceptors (Lipinski definition) is 7. The molecular formula is C28H21BrClN7O2. The van der Waals surface area contributed by atoms with Gasteiger partial charge in [-0.2, -0.15) is 5.10 Å². The van der Waals surface area contributed by atoms with Crippen LogP contribution >= 0.6 is 27.5 Å². The van der Waals surface area contributed by atoms with Crippen molar-refractivity contribution in [2.45, 2.75) is 20.0 Å². The van der Waals surface area contributed by atoms with Crippen molar-refractivity contribution in [1.29, 1.82) is 0 Å². The molecule has 3 aromatic heterocycles. The molecule has 6 rings (SSSR count). The number of benzene rings is 3. The topological polar surface area (TPSA) is 125 Å². The van der Waals surface area contributed by atoms with E-state index in [4.69, 9.17) is 27.4 Å². The Morgan fingerprint density at radius 2 is 1.85 bits per heavy atom. The van der Waals surface area contributed by atoms with Crippen molar-refractivity contribution in [2.24, 2.45) is 0 Å². The molecule has 0 aliphatic heterocycles. The Kier molecular flexibility index (Phi) is 6.28. The van der Waals surface area contributed by atoms with Crippen LogP contribution in [0.1, 0.15) is 17.0 Å². The van der Waals surface area contributed by atoms with Gasteiger partial charge in [0.2, 0.25) is 0 Å². The molecule has 0 amide bonds. The van der Waals surface area contributed by atoms with Gasteiger partial charge in [0.15, 0.2) is 5.65 Å². The van der Waals surface area contributed by atoms with Gasteiger partial charge in [0, 0.05) is 15.1 Å². The number of nitrogens with two attached hydrogens (primary N) is 1. The Labute approximate surface area is 235 Å². The zero-order chi connectivity index (χ0) is 27.3. The third kappa shape index (κ3) is 4.41. The van der Waals surface area contributed by atoms with E-state index in [2.05, 4.69) is 25.9 Å². The minimum Gasteiger partial charge on any atom is -0.508 e. The Morgan fingerprint density at radius 1 is 1.03 bits per heavy atom. The van der Waals surface area contributed by atoms with E-state index in [9.17, 15) is 9.90 Å². The maximum atomic E-state index is 13.8. The Bertz CT molecular complexity index is 1970.